The van der Waals surface area contributed by atoms with Crippen LogP contribution in [0.4, 0.5) is 4.39 Å². The minimum atomic E-state index is -0.711. The number of benzene rings is 3. The molecule has 2 amide bonds. The number of carbonyl (C=O) groups excluding carboxylic acids is 2. The zero-order chi connectivity index (χ0) is 22.1. The Bertz CT molecular complexity index is 979. The summed E-state index contributed by atoms with van der Waals surface area (Å²) in [7, 11) is 1.56. The monoisotopic (exact) mass is 420 g/mol. The van der Waals surface area contributed by atoms with Crippen LogP contribution in [-0.2, 0) is 22.6 Å². The van der Waals surface area contributed by atoms with E-state index in [9.17, 15) is 14.0 Å². The highest BCUT2D eigenvalue weighted by molar-refractivity contribution is 5.88. The third-order valence-corrected chi connectivity index (χ3v) is 4.89. The molecule has 1 N–H and O–H groups in total. The van der Waals surface area contributed by atoms with Crippen LogP contribution in [0.15, 0.2) is 84.9 Å². The molecule has 1 atom stereocenters. The van der Waals surface area contributed by atoms with E-state index in [1.165, 1.54) is 29.2 Å². The zero-order valence-corrected chi connectivity index (χ0v) is 17.3. The van der Waals surface area contributed by atoms with E-state index in [0.717, 1.165) is 11.1 Å². The molecule has 3 aromatic carbocycles. The average Bonchev–Trinajstić information content (AvgIpc) is 2.81. The highest BCUT2D eigenvalue weighted by Crippen LogP contribution is 2.16. The second-order valence-electron chi connectivity index (χ2n) is 7.07. The first-order chi connectivity index (χ1) is 15.1. The summed E-state index contributed by atoms with van der Waals surface area (Å²) in [6.07, 6.45) is 0.371. The van der Waals surface area contributed by atoms with Gasteiger partial charge in [-0.3, -0.25) is 9.59 Å². The topological polar surface area (TPSA) is 58.6 Å². The first kappa shape index (κ1) is 22.0. The molecule has 0 aromatic heterocycles. The summed E-state index contributed by atoms with van der Waals surface area (Å²) in [4.78, 5) is 27.5. The van der Waals surface area contributed by atoms with Gasteiger partial charge in [-0.1, -0.05) is 60.7 Å². The Morgan fingerprint density at radius 1 is 0.903 bits per heavy atom. The maximum absolute atomic E-state index is 13.2. The molecule has 0 bridgehead atoms. The fourth-order valence-electron chi connectivity index (χ4n) is 3.26. The molecule has 0 aliphatic heterocycles. The number of nitrogens with zero attached hydrogens (tertiary/aromatic N) is 1. The van der Waals surface area contributed by atoms with E-state index in [0.29, 0.717) is 12.2 Å². The van der Waals surface area contributed by atoms with Gasteiger partial charge in [0.25, 0.3) is 5.91 Å². The van der Waals surface area contributed by atoms with Crippen molar-refractivity contribution in [2.24, 2.45) is 0 Å². The maximum atomic E-state index is 13.2. The van der Waals surface area contributed by atoms with Crippen LogP contribution in [0.2, 0.25) is 0 Å². The van der Waals surface area contributed by atoms with Crippen LogP contribution < -0.4 is 10.1 Å². The predicted molar refractivity (Wildman–Crippen MR) is 117 cm³/mol. The number of rotatable bonds is 9. The lowest BCUT2D eigenvalue weighted by Crippen LogP contribution is -2.51. The quantitative estimate of drug-likeness (QED) is 0.576. The lowest BCUT2D eigenvalue weighted by molar-refractivity contribution is -0.142. The number of hydrogen-bond acceptors (Lipinski definition) is 3. The lowest BCUT2D eigenvalue weighted by Gasteiger charge is -2.31. The van der Waals surface area contributed by atoms with E-state index in [4.69, 9.17) is 4.74 Å². The third kappa shape index (κ3) is 6.40. The normalized spacial score (nSPS) is 11.4. The fraction of sp³-hybridized carbons (Fsp3) is 0.200. The maximum Gasteiger partial charge on any atom is 0.261 e. The van der Waals surface area contributed by atoms with Gasteiger partial charge in [0.1, 0.15) is 17.6 Å². The molecule has 0 saturated heterocycles. The molecular formula is C25H25FN2O3. The van der Waals surface area contributed by atoms with E-state index in [1.807, 2.05) is 60.7 Å². The van der Waals surface area contributed by atoms with Gasteiger partial charge in [0, 0.05) is 20.0 Å². The summed E-state index contributed by atoms with van der Waals surface area (Å²) in [6, 6.07) is 23.8. The second-order valence-corrected chi connectivity index (χ2v) is 7.07. The van der Waals surface area contributed by atoms with Crippen molar-refractivity contribution >= 4 is 11.8 Å². The van der Waals surface area contributed by atoms with Crippen LogP contribution in [0.3, 0.4) is 0 Å². The van der Waals surface area contributed by atoms with Crippen LogP contribution in [-0.4, -0.2) is 36.4 Å². The van der Waals surface area contributed by atoms with Gasteiger partial charge in [0.2, 0.25) is 5.91 Å². The number of ether oxygens (including phenoxy) is 1. The number of nitrogens with one attached hydrogen (secondary N) is 1. The number of carbonyl (C=O) groups is 2. The van der Waals surface area contributed by atoms with Crippen molar-refractivity contribution in [2.75, 3.05) is 13.7 Å². The number of likely N-dealkylation sites (N-methyl/N-ethyl adjacent to an activating group) is 1. The van der Waals surface area contributed by atoms with Crippen molar-refractivity contribution in [3.8, 4) is 5.75 Å². The predicted octanol–water partition coefficient (Wildman–Crippen LogP) is 3.59. The Morgan fingerprint density at radius 2 is 1.48 bits per heavy atom. The van der Waals surface area contributed by atoms with Gasteiger partial charge in [-0.25, -0.2) is 4.39 Å². The Labute approximate surface area is 181 Å². The molecule has 0 fully saturated rings. The fourth-order valence-corrected chi connectivity index (χ4v) is 3.26. The standard InChI is InChI=1S/C25H25FN2O3/c1-27-25(30)23(16-19-8-4-2-5-9-19)28(17-20-10-6-3-7-11-20)24(29)18-31-22-14-12-21(26)13-15-22/h2-15,23H,16-18H2,1H3,(H,27,30)/t23-/m0/s1. The van der Waals surface area contributed by atoms with Crippen LogP contribution in [0.5, 0.6) is 5.75 Å². The van der Waals surface area contributed by atoms with Gasteiger partial charge in [-0.2, -0.15) is 0 Å². The van der Waals surface area contributed by atoms with Gasteiger partial charge >= 0.3 is 0 Å². The van der Waals surface area contributed by atoms with Crippen molar-refractivity contribution in [1.82, 2.24) is 10.2 Å². The van der Waals surface area contributed by atoms with E-state index >= 15 is 0 Å². The molecule has 0 saturated carbocycles. The van der Waals surface area contributed by atoms with E-state index in [2.05, 4.69) is 5.32 Å². The highest BCUT2D eigenvalue weighted by atomic mass is 19.1. The summed E-state index contributed by atoms with van der Waals surface area (Å²) in [5.41, 5.74) is 1.85. The Balaban J connectivity index is 1.83. The summed E-state index contributed by atoms with van der Waals surface area (Å²) in [5, 5.41) is 2.67. The molecule has 0 unspecified atom stereocenters. The van der Waals surface area contributed by atoms with Gasteiger partial charge in [0.05, 0.1) is 0 Å². The first-order valence-corrected chi connectivity index (χ1v) is 10.0. The summed E-state index contributed by atoms with van der Waals surface area (Å²) in [6.45, 7) is -0.00186. The van der Waals surface area contributed by atoms with Gasteiger partial charge in [-0.05, 0) is 35.4 Å². The molecule has 5 nitrogen and oxygen atoms in total. The van der Waals surface area contributed by atoms with Crippen LogP contribution in [0, 0.1) is 5.82 Å². The van der Waals surface area contributed by atoms with Crippen molar-refractivity contribution in [3.05, 3.63) is 102 Å². The van der Waals surface area contributed by atoms with E-state index in [1.54, 1.807) is 7.05 Å². The van der Waals surface area contributed by atoms with Crippen molar-refractivity contribution in [3.63, 3.8) is 0 Å². The van der Waals surface area contributed by atoms with Crippen molar-refractivity contribution < 1.29 is 18.7 Å². The molecule has 0 radical (unpaired) electrons. The Morgan fingerprint density at radius 3 is 2.06 bits per heavy atom. The minimum Gasteiger partial charge on any atom is -0.484 e. The molecule has 3 rings (SSSR count). The molecule has 3 aromatic rings. The van der Waals surface area contributed by atoms with Gasteiger partial charge < -0.3 is 15.0 Å². The Hall–Kier alpha value is -3.67. The molecule has 6 heteroatoms. The Kier molecular flexibility index (Phi) is 7.76. The number of hydrogen-bond donors (Lipinski definition) is 1. The van der Waals surface area contributed by atoms with Crippen LogP contribution in [0.25, 0.3) is 0 Å². The SMILES string of the molecule is CNC(=O)[C@H](Cc1ccccc1)N(Cc1ccccc1)C(=O)COc1ccc(F)cc1. The average molecular weight is 420 g/mol. The van der Waals surface area contributed by atoms with E-state index in [-0.39, 0.29) is 30.8 Å². The minimum absolute atomic E-state index is 0.255. The smallest absolute Gasteiger partial charge is 0.261 e. The van der Waals surface area contributed by atoms with Crippen LogP contribution >= 0.6 is 0 Å². The molecule has 0 spiro atoms. The van der Waals surface area contributed by atoms with Gasteiger partial charge in [-0.15, -0.1) is 0 Å². The van der Waals surface area contributed by atoms with Crippen LogP contribution in [0.1, 0.15) is 11.1 Å². The summed E-state index contributed by atoms with van der Waals surface area (Å²) < 4.78 is 18.7. The zero-order valence-electron chi connectivity index (χ0n) is 17.3. The number of amides is 2. The second kappa shape index (κ2) is 10.9. The third-order valence-electron chi connectivity index (χ3n) is 4.89. The molecule has 0 aliphatic carbocycles. The van der Waals surface area contributed by atoms with Crippen molar-refractivity contribution in [1.29, 1.82) is 0 Å². The highest BCUT2D eigenvalue weighted by Gasteiger charge is 2.30. The van der Waals surface area contributed by atoms with Crippen molar-refractivity contribution in [2.45, 2.75) is 19.0 Å². The number of halogens is 1. The molecule has 31 heavy (non-hydrogen) atoms. The first-order valence-electron chi connectivity index (χ1n) is 10.0. The molecule has 160 valence electrons. The summed E-state index contributed by atoms with van der Waals surface area (Å²) >= 11 is 0. The van der Waals surface area contributed by atoms with Gasteiger partial charge in [0.15, 0.2) is 6.61 Å². The van der Waals surface area contributed by atoms with E-state index < -0.39 is 6.04 Å². The largest absolute Gasteiger partial charge is 0.484 e. The summed E-state index contributed by atoms with van der Waals surface area (Å²) in [5.74, 6) is -0.589. The molecule has 0 aliphatic rings. The molecular weight excluding hydrogens is 395 g/mol. The molecule has 0 heterocycles. The lowest BCUT2D eigenvalue weighted by atomic mass is 10.0.